The molecular weight excluding hydrogens is 268 g/mol. The molecule has 0 radical (unpaired) electrons. The Balaban J connectivity index is 2.29. The zero-order chi connectivity index (χ0) is 14.7. The maximum Gasteiger partial charge on any atom is 0.278 e. The minimum Gasteiger partial charge on any atom is -0.267 e. The maximum absolute atomic E-state index is 13.5. The SMILES string of the molecule is NN(C(=O)c1cccnc1)C(=O)c1cc(F)ccc1F. The van der Waals surface area contributed by atoms with E-state index in [0.29, 0.717) is 6.07 Å². The summed E-state index contributed by atoms with van der Waals surface area (Å²) in [6.07, 6.45) is 2.64. The Hall–Kier alpha value is -2.67. The number of hydrogen-bond acceptors (Lipinski definition) is 4. The molecule has 102 valence electrons. The first kappa shape index (κ1) is 13.8. The van der Waals surface area contributed by atoms with Crippen molar-refractivity contribution in [2.24, 2.45) is 5.84 Å². The molecule has 0 saturated heterocycles. The lowest BCUT2D eigenvalue weighted by Gasteiger charge is -2.15. The first-order valence-corrected chi connectivity index (χ1v) is 5.49. The number of hydrazine groups is 1. The van der Waals surface area contributed by atoms with Crippen LogP contribution in [0.1, 0.15) is 20.7 Å². The van der Waals surface area contributed by atoms with Crippen LogP contribution in [0.15, 0.2) is 42.7 Å². The van der Waals surface area contributed by atoms with Crippen LogP contribution in [0.2, 0.25) is 0 Å². The number of carbonyl (C=O) groups is 2. The van der Waals surface area contributed by atoms with Gasteiger partial charge in [-0.15, -0.1) is 0 Å². The van der Waals surface area contributed by atoms with Gasteiger partial charge in [-0.25, -0.2) is 19.6 Å². The van der Waals surface area contributed by atoms with Crippen molar-refractivity contribution in [2.75, 3.05) is 0 Å². The molecular formula is C13H9F2N3O2. The molecule has 1 aromatic heterocycles. The van der Waals surface area contributed by atoms with E-state index in [1.807, 2.05) is 0 Å². The average molecular weight is 277 g/mol. The quantitative estimate of drug-likeness (QED) is 0.391. The first-order valence-electron chi connectivity index (χ1n) is 5.49. The van der Waals surface area contributed by atoms with Gasteiger partial charge in [0.25, 0.3) is 11.8 Å². The molecule has 0 spiro atoms. The molecule has 0 bridgehead atoms. The standard InChI is InChI=1S/C13H9F2N3O2/c14-9-3-4-11(15)10(6-9)13(20)18(16)12(19)8-2-1-5-17-7-8/h1-7H,16H2. The average Bonchev–Trinajstić information content (AvgIpc) is 2.48. The number of benzene rings is 1. The van der Waals surface area contributed by atoms with Gasteiger partial charge in [0, 0.05) is 12.4 Å². The van der Waals surface area contributed by atoms with Crippen LogP contribution < -0.4 is 5.84 Å². The molecule has 2 amide bonds. The lowest BCUT2D eigenvalue weighted by molar-refractivity contribution is 0.0612. The van der Waals surface area contributed by atoms with Crippen molar-refractivity contribution in [3.63, 3.8) is 0 Å². The van der Waals surface area contributed by atoms with Gasteiger partial charge < -0.3 is 0 Å². The van der Waals surface area contributed by atoms with Crippen molar-refractivity contribution < 1.29 is 18.4 Å². The highest BCUT2D eigenvalue weighted by Crippen LogP contribution is 2.12. The largest absolute Gasteiger partial charge is 0.278 e. The van der Waals surface area contributed by atoms with E-state index in [1.54, 1.807) is 0 Å². The zero-order valence-electron chi connectivity index (χ0n) is 10.1. The molecule has 5 nitrogen and oxygen atoms in total. The molecule has 1 aromatic carbocycles. The van der Waals surface area contributed by atoms with E-state index in [2.05, 4.69) is 4.98 Å². The van der Waals surface area contributed by atoms with Crippen molar-refractivity contribution in [1.29, 1.82) is 0 Å². The Morgan fingerprint density at radius 1 is 1.15 bits per heavy atom. The molecule has 0 fully saturated rings. The summed E-state index contributed by atoms with van der Waals surface area (Å²) in [5.74, 6) is 1.57. The monoisotopic (exact) mass is 277 g/mol. The first-order chi connectivity index (χ1) is 9.50. The summed E-state index contributed by atoms with van der Waals surface area (Å²) >= 11 is 0. The third-order valence-corrected chi connectivity index (χ3v) is 2.50. The Labute approximate surface area is 112 Å². The summed E-state index contributed by atoms with van der Waals surface area (Å²) in [7, 11) is 0. The molecule has 7 heteroatoms. The van der Waals surface area contributed by atoms with Gasteiger partial charge in [-0.2, -0.15) is 0 Å². The van der Waals surface area contributed by atoms with Crippen LogP contribution in [0, 0.1) is 11.6 Å². The van der Waals surface area contributed by atoms with Crippen LogP contribution in [0.4, 0.5) is 8.78 Å². The molecule has 0 aliphatic carbocycles. The number of amides is 2. The third kappa shape index (κ3) is 2.67. The van der Waals surface area contributed by atoms with Gasteiger partial charge in [0.1, 0.15) is 11.6 Å². The Morgan fingerprint density at radius 2 is 1.90 bits per heavy atom. The summed E-state index contributed by atoms with van der Waals surface area (Å²) < 4.78 is 26.5. The van der Waals surface area contributed by atoms with Crippen LogP contribution in [0.5, 0.6) is 0 Å². The zero-order valence-corrected chi connectivity index (χ0v) is 10.1. The topological polar surface area (TPSA) is 76.3 Å². The molecule has 2 N–H and O–H groups in total. The Morgan fingerprint density at radius 3 is 2.55 bits per heavy atom. The number of rotatable bonds is 2. The van der Waals surface area contributed by atoms with Crippen LogP contribution in [0.3, 0.4) is 0 Å². The fourth-order valence-corrected chi connectivity index (χ4v) is 1.51. The molecule has 20 heavy (non-hydrogen) atoms. The number of nitrogens with zero attached hydrogens (tertiary/aromatic N) is 2. The van der Waals surface area contributed by atoms with Gasteiger partial charge in [-0.05, 0) is 30.3 Å². The number of nitrogens with two attached hydrogens (primary N) is 1. The molecule has 0 saturated carbocycles. The van der Waals surface area contributed by atoms with Crippen molar-refractivity contribution in [1.82, 2.24) is 9.99 Å². The number of carbonyl (C=O) groups excluding carboxylic acids is 2. The van der Waals surface area contributed by atoms with Gasteiger partial charge in [0.2, 0.25) is 0 Å². The molecule has 0 aliphatic heterocycles. The van der Waals surface area contributed by atoms with E-state index < -0.39 is 29.0 Å². The predicted molar refractivity (Wildman–Crippen MR) is 65.3 cm³/mol. The van der Waals surface area contributed by atoms with Crippen molar-refractivity contribution in [3.8, 4) is 0 Å². The molecule has 0 unspecified atom stereocenters. The molecule has 2 rings (SSSR count). The Kier molecular flexibility index (Phi) is 3.81. The van der Waals surface area contributed by atoms with Crippen molar-refractivity contribution >= 4 is 11.8 Å². The fraction of sp³-hybridized carbons (Fsp3) is 0. The van der Waals surface area contributed by atoms with Gasteiger partial charge in [-0.3, -0.25) is 14.6 Å². The molecule has 1 heterocycles. The second-order valence-electron chi connectivity index (χ2n) is 3.85. The summed E-state index contributed by atoms with van der Waals surface area (Å²) in [4.78, 5) is 27.5. The number of aromatic nitrogens is 1. The number of hydrogen-bond donors (Lipinski definition) is 1. The van der Waals surface area contributed by atoms with Gasteiger partial charge in [0.05, 0.1) is 11.1 Å². The highest BCUT2D eigenvalue weighted by Gasteiger charge is 2.24. The Bertz CT molecular complexity index is 662. The van der Waals surface area contributed by atoms with E-state index >= 15 is 0 Å². The van der Waals surface area contributed by atoms with Crippen LogP contribution in [-0.4, -0.2) is 21.8 Å². The predicted octanol–water partition coefficient (Wildman–Crippen LogP) is 1.52. The van der Waals surface area contributed by atoms with E-state index in [1.165, 1.54) is 24.5 Å². The fourth-order valence-electron chi connectivity index (χ4n) is 1.51. The minimum atomic E-state index is -1.14. The number of imide groups is 1. The smallest absolute Gasteiger partial charge is 0.267 e. The second kappa shape index (κ2) is 5.54. The van der Waals surface area contributed by atoms with Crippen molar-refractivity contribution in [2.45, 2.75) is 0 Å². The van der Waals surface area contributed by atoms with Crippen LogP contribution >= 0.6 is 0 Å². The van der Waals surface area contributed by atoms with Crippen LogP contribution in [0.25, 0.3) is 0 Å². The van der Waals surface area contributed by atoms with E-state index in [0.717, 1.165) is 12.1 Å². The summed E-state index contributed by atoms with van der Waals surface area (Å²) in [5, 5.41) is 0.217. The lowest BCUT2D eigenvalue weighted by atomic mass is 10.1. The van der Waals surface area contributed by atoms with E-state index in [4.69, 9.17) is 5.84 Å². The van der Waals surface area contributed by atoms with Crippen LogP contribution in [-0.2, 0) is 0 Å². The number of halogens is 2. The highest BCUT2D eigenvalue weighted by atomic mass is 19.1. The maximum atomic E-state index is 13.5. The summed E-state index contributed by atoms with van der Waals surface area (Å²) in [5.41, 5.74) is -0.565. The summed E-state index contributed by atoms with van der Waals surface area (Å²) in [6.45, 7) is 0. The van der Waals surface area contributed by atoms with Crippen molar-refractivity contribution in [3.05, 3.63) is 65.5 Å². The molecule has 2 aromatic rings. The third-order valence-electron chi connectivity index (χ3n) is 2.50. The lowest BCUT2D eigenvalue weighted by Crippen LogP contribution is -2.43. The molecule has 0 atom stereocenters. The summed E-state index contributed by atoms with van der Waals surface area (Å²) in [6, 6.07) is 5.19. The molecule has 0 aliphatic rings. The normalized spacial score (nSPS) is 10.2. The van der Waals surface area contributed by atoms with E-state index in [-0.39, 0.29) is 10.6 Å². The van der Waals surface area contributed by atoms with Gasteiger partial charge >= 0.3 is 0 Å². The van der Waals surface area contributed by atoms with E-state index in [9.17, 15) is 18.4 Å². The minimum absolute atomic E-state index is 0.0557. The number of pyridine rings is 1. The van der Waals surface area contributed by atoms with Gasteiger partial charge in [-0.1, -0.05) is 0 Å². The second-order valence-corrected chi connectivity index (χ2v) is 3.85. The van der Waals surface area contributed by atoms with Gasteiger partial charge in [0.15, 0.2) is 0 Å². The highest BCUT2D eigenvalue weighted by molar-refractivity contribution is 6.09.